The van der Waals surface area contributed by atoms with Crippen LogP contribution in [0.15, 0.2) is 29.1 Å². The second-order valence-corrected chi connectivity index (χ2v) is 5.65. The fourth-order valence-corrected chi connectivity index (χ4v) is 2.79. The standard InChI is InChI=1S/C16H19N3O2/c1-9-11-4-2-3-5-12(11)18-15(20)14(9)16(21)19-13(8-17)10-6-7-10/h2-5,10,13H,6-8,17H2,1H3,(H,18,20)(H,19,21). The molecule has 1 heterocycles. The van der Waals surface area contributed by atoms with E-state index in [2.05, 4.69) is 10.3 Å². The summed E-state index contributed by atoms with van der Waals surface area (Å²) in [5.41, 5.74) is 6.99. The minimum atomic E-state index is -0.352. The van der Waals surface area contributed by atoms with Crippen LogP contribution in [0, 0.1) is 12.8 Å². The van der Waals surface area contributed by atoms with Gasteiger partial charge in [0.15, 0.2) is 0 Å². The van der Waals surface area contributed by atoms with Crippen LogP contribution in [0.3, 0.4) is 0 Å². The Kier molecular flexibility index (Phi) is 3.51. The minimum absolute atomic E-state index is 0.0391. The summed E-state index contributed by atoms with van der Waals surface area (Å²) >= 11 is 0. The molecule has 5 heteroatoms. The summed E-state index contributed by atoms with van der Waals surface area (Å²) in [7, 11) is 0. The minimum Gasteiger partial charge on any atom is -0.348 e. The zero-order valence-corrected chi connectivity index (χ0v) is 12.0. The number of amides is 1. The number of carbonyl (C=O) groups is 1. The zero-order valence-electron chi connectivity index (χ0n) is 12.0. The van der Waals surface area contributed by atoms with Crippen molar-refractivity contribution < 1.29 is 4.79 Å². The highest BCUT2D eigenvalue weighted by Gasteiger charge is 2.32. The molecule has 0 bridgehead atoms. The van der Waals surface area contributed by atoms with Gasteiger partial charge in [-0.3, -0.25) is 9.59 Å². The molecule has 2 aromatic rings. The van der Waals surface area contributed by atoms with Crippen LogP contribution in [-0.2, 0) is 0 Å². The monoisotopic (exact) mass is 285 g/mol. The summed E-state index contributed by atoms with van der Waals surface area (Å²) in [4.78, 5) is 27.4. The summed E-state index contributed by atoms with van der Waals surface area (Å²) in [6, 6.07) is 7.44. The van der Waals surface area contributed by atoms with E-state index in [0.717, 1.165) is 23.7 Å². The smallest absolute Gasteiger partial charge is 0.261 e. The van der Waals surface area contributed by atoms with Crippen LogP contribution in [0.5, 0.6) is 0 Å². The molecule has 0 radical (unpaired) electrons. The highest BCUT2D eigenvalue weighted by atomic mass is 16.2. The molecule has 1 unspecified atom stereocenters. The number of fused-ring (bicyclic) bond motifs is 1. The van der Waals surface area contributed by atoms with E-state index < -0.39 is 0 Å². The molecule has 3 rings (SSSR count). The number of hydrogen-bond donors (Lipinski definition) is 3. The van der Waals surface area contributed by atoms with Crippen LogP contribution < -0.4 is 16.6 Å². The van der Waals surface area contributed by atoms with E-state index >= 15 is 0 Å². The predicted octanol–water partition coefficient (Wildman–Crippen LogP) is 1.30. The van der Waals surface area contributed by atoms with E-state index in [1.54, 1.807) is 6.92 Å². The lowest BCUT2D eigenvalue weighted by molar-refractivity contribution is 0.0931. The SMILES string of the molecule is Cc1c(C(=O)NC(CN)C2CC2)c(=O)[nH]c2ccccc12. The number of rotatable bonds is 4. The van der Waals surface area contributed by atoms with Crippen molar-refractivity contribution in [2.75, 3.05) is 6.54 Å². The van der Waals surface area contributed by atoms with Gasteiger partial charge in [0, 0.05) is 23.5 Å². The van der Waals surface area contributed by atoms with Crippen molar-refractivity contribution in [2.45, 2.75) is 25.8 Å². The van der Waals surface area contributed by atoms with Crippen LogP contribution in [0.4, 0.5) is 0 Å². The Morgan fingerprint density at radius 2 is 2.14 bits per heavy atom. The Hall–Kier alpha value is -2.14. The van der Waals surface area contributed by atoms with E-state index in [1.807, 2.05) is 24.3 Å². The molecule has 1 aliphatic rings. The van der Waals surface area contributed by atoms with Crippen LogP contribution in [0.25, 0.3) is 10.9 Å². The van der Waals surface area contributed by atoms with Crippen molar-refractivity contribution in [3.05, 3.63) is 45.7 Å². The van der Waals surface area contributed by atoms with Gasteiger partial charge in [0.1, 0.15) is 5.56 Å². The molecule has 1 aromatic heterocycles. The number of benzene rings is 1. The fourth-order valence-electron chi connectivity index (χ4n) is 2.79. The number of para-hydroxylation sites is 1. The molecule has 110 valence electrons. The second-order valence-electron chi connectivity index (χ2n) is 5.65. The van der Waals surface area contributed by atoms with Gasteiger partial charge in [-0.1, -0.05) is 18.2 Å². The van der Waals surface area contributed by atoms with E-state index in [9.17, 15) is 9.59 Å². The molecular weight excluding hydrogens is 266 g/mol. The maximum absolute atomic E-state index is 12.4. The Morgan fingerprint density at radius 3 is 2.81 bits per heavy atom. The quantitative estimate of drug-likeness (QED) is 0.791. The first-order chi connectivity index (χ1) is 10.1. The molecule has 1 aromatic carbocycles. The van der Waals surface area contributed by atoms with E-state index in [4.69, 9.17) is 5.73 Å². The Bertz CT molecular complexity index is 747. The molecule has 1 fully saturated rings. The number of hydrogen-bond acceptors (Lipinski definition) is 3. The predicted molar refractivity (Wildman–Crippen MR) is 82.3 cm³/mol. The Labute approximate surface area is 122 Å². The molecule has 1 amide bonds. The van der Waals surface area contributed by atoms with Crippen molar-refractivity contribution in [3.8, 4) is 0 Å². The van der Waals surface area contributed by atoms with Gasteiger partial charge in [0.05, 0.1) is 0 Å². The molecule has 0 aliphatic heterocycles. The van der Waals surface area contributed by atoms with Gasteiger partial charge in [-0.05, 0) is 37.3 Å². The topological polar surface area (TPSA) is 88.0 Å². The number of nitrogens with two attached hydrogens (primary N) is 1. The zero-order chi connectivity index (χ0) is 15.0. The first kappa shape index (κ1) is 13.8. The first-order valence-electron chi connectivity index (χ1n) is 7.24. The van der Waals surface area contributed by atoms with Gasteiger partial charge in [-0.2, -0.15) is 0 Å². The molecule has 0 spiro atoms. The van der Waals surface area contributed by atoms with Gasteiger partial charge >= 0.3 is 0 Å². The number of aromatic amines is 1. The molecule has 1 atom stereocenters. The number of pyridine rings is 1. The number of carbonyl (C=O) groups excluding carboxylic acids is 1. The highest BCUT2D eigenvalue weighted by Crippen LogP contribution is 2.32. The number of H-pyrrole nitrogens is 1. The van der Waals surface area contributed by atoms with E-state index in [-0.39, 0.29) is 23.1 Å². The van der Waals surface area contributed by atoms with Crippen LogP contribution in [0.2, 0.25) is 0 Å². The van der Waals surface area contributed by atoms with Crippen molar-refractivity contribution in [1.82, 2.24) is 10.3 Å². The summed E-state index contributed by atoms with van der Waals surface area (Å²) in [6.45, 7) is 2.21. The Balaban J connectivity index is 1.99. The van der Waals surface area contributed by atoms with Crippen LogP contribution in [-0.4, -0.2) is 23.5 Å². The maximum atomic E-state index is 12.4. The first-order valence-corrected chi connectivity index (χ1v) is 7.24. The average molecular weight is 285 g/mol. The third kappa shape index (κ3) is 2.56. The summed E-state index contributed by atoms with van der Waals surface area (Å²) < 4.78 is 0. The van der Waals surface area contributed by atoms with Gasteiger partial charge in [-0.15, -0.1) is 0 Å². The average Bonchev–Trinajstić information content (AvgIpc) is 3.29. The molecule has 4 N–H and O–H groups in total. The third-order valence-corrected chi connectivity index (χ3v) is 4.17. The summed E-state index contributed by atoms with van der Waals surface area (Å²) in [6.07, 6.45) is 2.18. The van der Waals surface area contributed by atoms with Gasteiger partial charge < -0.3 is 16.0 Å². The normalized spacial score (nSPS) is 15.9. The Morgan fingerprint density at radius 1 is 1.43 bits per heavy atom. The fraction of sp³-hybridized carbons (Fsp3) is 0.375. The van der Waals surface area contributed by atoms with Crippen LogP contribution in [0.1, 0.15) is 28.8 Å². The lowest BCUT2D eigenvalue weighted by Gasteiger charge is -2.17. The molecular formula is C16H19N3O2. The lowest BCUT2D eigenvalue weighted by Crippen LogP contribution is -2.43. The van der Waals surface area contributed by atoms with Gasteiger partial charge in [0.25, 0.3) is 11.5 Å². The van der Waals surface area contributed by atoms with E-state index in [0.29, 0.717) is 18.0 Å². The maximum Gasteiger partial charge on any atom is 0.261 e. The van der Waals surface area contributed by atoms with Crippen molar-refractivity contribution in [2.24, 2.45) is 11.7 Å². The second kappa shape index (κ2) is 5.33. The highest BCUT2D eigenvalue weighted by molar-refractivity contribution is 6.00. The number of nitrogens with one attached hydrogen (secondary N) is 2. The molecule has 1 saturated carbocycles. The van der Waals surface area contributed by atoms with E-state index in [1.165, 1.54) is 0 Å². The molecule has 0 saturated heterocycles. The van der Waals surface area contributed by atoms with Crippen molar-refractivity contribution in [1.29, 1.82) is 0 Å². The lowest BCUT2D eigenvalue weighted by atomic mass is 10.0. The molecule has 1 aliphatic carbocycles. The third-order valence-electron chi connectivity index (χ3n) is 4.17. The van der Waals surface area contributed by atoms with Crippen LogP contribution >= 0.6 is 0 Å². The number of aromatic nitrogens is 1. The van der Waals surface area contributed by atoms with Gasteiger partial charge in [-0.25, -0.2) is 0 Å². The van der Waals surface area contributed by atoms with Gasteiger partial charge in [0.2, 0.25) is 0 Å². The number of aryl methyl sites for hydroxylation is 1. The molecule has 5 nitrogen and oxygen atoms in total. The van der Waals surface area contributed by atoms with Crippen molar-refractivity contribution >= 4 is 16.8 Å². The largest absolute Gasteiger partial charge is 0.348 e. The molecule has 21 heavy (non-hydrogen) atoms. The summed E-state index contributed by atoms with van der Waals surface area (Å²) in [5.74, 6) is 0.126. The summed E-state index contributed by atoms with van der Waals surface area (Å²) in [5, 5.41) is 3.79. The van der Waals surface area contributed by atoms with Crippen molar-refractivity contribution in [3.63, 3.8) is 0 Å².